The fourth-order valence-corrected chi connectivity index (χ4v) is 1.87. The van der Waals surface area contributed by atoms with E-state index < -0.39 is 11.7 Å². The molecular weight excluding hydrogens is 304 g/mol. The van der Waals surface area contributed by atoms with Crippen molar-refractivity contribution in [3.05, 3.63) is 57.6 Å². The van der Waals surface area contributed by atoms with Crippen LogP contribution in [0.3, 0.4) is 0 Å². The number of aromatic nitrogens is 1. The highest BCUT2D eigenvalue weighted by atomic mass is 35.5. The van der Waals surface area contributed by atoms with Gasteiger partial charge in [0.05, 0.1) is 34.1 Å². The minimum absolute atomic E-state index is 0.105. The number of amides is 1. The number of benzene rings is 1. The minimum atomic E-state index is -0.675. The van der Waals surface area contributed by atoms with Crippen molar-refractivity contribution in [3.63, 3.8) is 0 Å². The smallest absolute Gasteiger partial charge is 0.258 e. The van der Waals surface area contributed by atoms with Gasteiger partial charge in [-0.3, -0.25) is 4.79 Å². The molecule has 0 aliphatic carbocycles. The first-order valence-corrected chi connectivity index (χ1v) is 6.09. The Bertz CT molecular complexity index is 728. The second-order valence-electron chi connectivity index (χ2n) is 3.75. The van der Waals surface area contributed by atoms with Crippen LogP contribution in [0, 0.1) is 17.1 Å². The van der Waals surface area contributed by atoms with Crippen LogP contribution in [-0.4, -0.2) is 10.9 Å². The molecule has 1 amide bonds. The van der Waals surface area contributed by atoms with Gasteiger partial charge in [0.15, 0.2) is 0 Å². The predicted molar refractivity (Wildman–Crippen MR) is 73.3 cm³/mol. The van der Waals surface area contributed by atoms with Crippen LogP contribution in [0.25, 0.3) is 0 Å². The molecule has 0 spiro atoms. The first kappa shape index (κ1) is 14.3. The van der Waals surface area contributed by atoms with Crippen molar-refractivity contribution in [2.45, 2.75) is 0 Å². The zero-order valence-corrected chi connectivity index (χ0v) is 11.3. The number of hydrogen-bond donors (Lipinski definition) is 1. The number of carbonyl (C=O) groups is 1. The predicted octanol–water partition coefficient (Wildman–Crippen LogP) is 3.65. The number of carbonyl (C=O) groups excluding carboxylic acids is 1. The zero-order valence-electron chi connectivity index (χ0n) is 9.82. The van der Waals surface area contributed by atoms with Crippen molar-refractivity contribution < 1.29 is 9.18 Å². The monoisotopic (exact) mass is 309 g/mol. The van der Waals surface area contributed by atoms with Gasteiger partial charge in [0.1, 0.15) is 11.0 Å². The molecule has 1 aromatic heterocycles. The summed E-state index contributed by atoms with van der Waals surface area (Å²) in [6.45, 7) is 0. The summed E-state index contributed by atoms with van der Waals surface area (Å²) in [7, 11) is 0. The van der Waals surface area contributed by atoms with Crippen LogP contribution in [-0.2, 0) is 0 Å². The third-order valence-corrected chi connectivity index (χ3v) is 3.01. The summed E-state index contributed by atoms with van der Waals surface area (Å²) in [5, 5.41) is 11.3. The Balaban J connectivity index is 2.28. The van der Waals surface area contributed by atoms with Crippen molar-refractivity contribution in [2.75, 3.05) is 5.32 Å². The van der Waals surface area contributed by atoms with E-state index in [1.807, 2.05) is 6.07 Å². The van der Waals surface area contributed by atoms with Crippen molar-refractivity contribution in [2.24, 2.45) is 0 Å². The molecule has 0 unspecified atom stereocenters. The van der Waals surface area contributed by atoms with Gasteiger partial charge in [-0.1, -0.05) is 23.2 Å². The average Bonchev–Trinajstić information content (AvgIpc) is 2.43. The third kappa shape index (κ3) is 3.05. The van der Waals surface area contributed by atoms with Crippen molar-refractivity contribution in [1.29, 1.82) is 5.26 Å². The number of nitriles is 1. The molecule has 20 heavy (non-hydrogen) atoms. The van der Waals surface area contributed by atoms with Crippen LogP contribution < -0.4 is 5.32 Å². The van der Waals surface area contributed by atoms with E-state index in [4.69, 9.17) is 28.5 Å². The maximum absolute atomic E-state index is 13.1. The summed E-state index contributed by atoms with van der Waals surface area (Å²) in [5.41, 5.74) is 0.543. The number of hydrogen-bond acceptors (Lipinski definition) is 3. The molecular formula is C13H6Cl2FN3O. The summed E-state index contributed by atoms with van der Waals surface area (Å²) in [6, 6.07) is 7.26. The van der Waals surface area contributed by atoms with E-state index in [1.165, 1.54) is 18.2 Å². The Morgan fingerprint density at radius 2 is 2.10 bits per heavy atom. The molecule has 0 atom stereocenters. The van der Waals surface area contributed by atoms with Gasteiger partial charge >= 0.3 is 0 Å². The van der Waals surface area contributed by atoms with Gasteiger partial charge in [0.2, 0.25) is 0 Å². The topological polar surface area (TPSA) is 65.8 Å². The van der Waals surface area contributed by atoms with Gasteiger partial charge in [0.25, 0.3) is 5.91 Å². The molecule has 0 radical (unpaired) electrons. The molecule has 0 saturated heterocycles. The van der Waals surface area contributed by atoms with E-state index in [9.17, 15) is 9.18 Å². The van der Waals surface area contributed by atoms with Gasteiger partial charge in [0, 0.05) is 0 Å². The zero-order chi connectivity index (χ0) is 14.7. The molecule has 1 heterocycles. The standard InChI is InChI=1S/C13H6Cl2FN3O/c14-10-3-7(5-17)1-2-11(10)19-13(20)9-4-8(16)6-18-12(9)15/h1-4,6H,(H,19,20). The average molecular weight is 310 g/mol. The highest BCUT2D eigenvalue weighted by Crippen LogP contribution is 2.24. The normalized spacial score (nSPS) is 9.90. The van der Waals surface area contributed by atoms with E-state index in [-0.39, 0.29) is 21.4 Å². The Morgan fingerprint density at radius 3 is 2.75 bits per heavy atom. The van der Waals surface area contributed by atoms with Gasteiger partial charge in [-0.05, 0) is 24.3 Å². The highest BCUT2D eigenvalue weighted by molar-refractivity contribution is 6.35. The van der Waals surface area contributed by atoms with Gasteiger partial charge < -0.3 is 5.32 Å². The maximum Gasteiger partial charge on any atom is 0.258 e. The first-order chi connectivity index (χ1) is 9.51. The summed E-state index contributed by atoms with van der Waals surface area (Å²) in [4.78, 5) is 15.5. The second kappa shape index (κ2) is 5.87. The van der Waals surface area contributed by atoms with E-state index in [1.54, 1.807) is 0 Å². The molecule has 2 rings (SSSR count). The second-order valence-corrected chi connectivity index (χ2v) is 4.52. The Kier molecular flexibility index (Phi) is 4.18. The van der Waals surface area contributed by atoms with Crippen LogP contribution in [0.4, 0.5) is 10.1 Å². The van der Waals surface area contributed by atoms with Crippen LogP contribution in [0.15, 0.2) is 30.5 Å². The molecule has 1 N–H and O–H groups in total. The number of nitrogens with one attached hydrogen (secondary N) is 1. The van der Waals surface area contributed by atoms with E-state index in [0.29, 0.717) is 5.56 Å². The molecule has 0 saturated carbocycles. The molecule has 0 bridgehead atoms. The Labute approximate surface area is 123 Å². The lowest BCUT2D eigenvalue weighted by Gasteiger charge is -2.08. The molecule has 100 valence electrons. The summed E-state index contributed by atoms with van der Waals surface area (Å²) >= 11 is 11.7. The Hall–Kier alpha value is -2.16. The third-order valence-electron chi connectivity index (χ3n) is 2.40. The lowest BCUT2D eigenvalue weighted by molar-refractivity contribution is 0.102. The summed E-state index contributed by atoms with van der Waals surface area (Å²) in [5.74, 6) is -1.32. The first-order valence-electron chi connectivity index (χ1n) is 5.33. The Morgan fingerprint density at radius 1 is 1.35 bits per heavy atom. The fraction of sp³-hybridized carbons (Fsp3) is 0. The fourth-order valence-electron chi connectivity index (χ4n) is 1.46. The van der Waals surface area contributed by atoms with E-state index in [0.717, 1.165) is 12.3 Å². The molecule has 2 aromatic rings. The number of anilines is 1. The quantitative estimate of drug-likeness (QED) is 0.861. The number of halogens is 3. The van der Waals surface area contributed by atoms with Gasteiger partial charge in [-0.25, -0.2) is 9.37 Å². The van der Waals surface area contributed by atoms with Crippen molar-refractivity contribution in [3.8, 4) is 6.07 Å². The lowest BCUT2D eigenvalue weighted by Crippen LogP contribution is -2.13. The molecule has 4 nitrogen and oxygen atoms in total. The van der Waals surface area contributed by atoms with Crippen LogP contribution in [0.1, 0.15) is 15.9 Å². The molecule has 1 aromatic carbocycles. The number of pyridine rings is 1. The van der Waals surface area contributed by atoms with Crippen molar-refractivity contribution >= 4 is 34.8 Å². The van der Waals surface area contributed by atoms with E-state index in [2.05, 4.69) is 10.3 Å². The molecule has 0 aliphatic heterocycles. The minimum Gasteiger partial charge on any atom is -0.321 e. The van der Waals surface area contributed by atoms with E-state index >= 15 is 0 Å². The van der Waals surface area contributed by atoms with Gasteiger partial charge in [-0.2, -0.15) is 5.26 Å². The summed E-state index contributed by atoms with van der Waals surface area (Å²) < 4.78 is 13.1. The van der Waals surface area contributed by atoms with Crippen molar-refractivity contribution in [1.82, 2.24) is 4.98 Å². The molecule has 7 heteroatoms. The largest absolute Gasteiger partial charge is 0.321 e. The van der Waals surface area contributed by atoms with Crippen LogP contribution in [0.2, 0.25) is 10.2 Å². The molecule has 0 aliphatic rings. The van der Waals surface area contributed by atoms with Crippen LogP contribution in [0.5, 0.6) is 0 Å². The summed E-state index contributed by atoms with van der Waals surface area (Å²) in [6.07, 6.45) is 0.911. The highest BCUT2D eigenvalue weighted by Gasteiger charge is 2.14. The SMILES string of the molecule is N#Cc1ccc(NC(=O)c2cc(F)cnc2Cl)c(Cl)c1. The number of rotatable bonds is 2. The molecule has 0 fully saturated rings. The lowest BCUT2D eigenvalue weighted by atomic mass is 10.2. The van der Waals surface area contributed by atoms with Gasteiger partial charge in [-0.15, -0.1) is 0 Å². The maximum atomic E-state index is 13.1. The number of nitrogens with zero attached hydrogens (tertiary/aromatic N) is 2. The van der Waals surface area contributed by atoms with Crippen LogP contribution >= 0.6 is 23.2 Å².